The maximum Gasteiger partial charge on any atom is 0.295 e. The van der Waals surface area contributed by atoms with Crippen LogP contribution in [0.5, 0.6) is 17.2 Å². The number of nitrogens with zero attached hydrogens (tertiary/aromatic N) is 1. The summed E-state index contributed by atoms with van der Waals surface area (Å²) in [6.45, 7) is 2.14. The number of ketones is 1. The summed E-state index contributed by atoms with van der Waals surface area (Å²) in [5.74, 6) is -0.867. The Morgan fingerprint density at radius 2 is 1.76 bits per heavy atom. The molecule has 1 atom stereocenters. The molecule has 0 radical (unpaired) electrons. The van der Waals surface area contributed by atoms with E-state index in [4.69, 9.17) is 9.47 Å². The highest BCUT2D eigenvalue weighted by Crippen LogP contribution is 2.42. The number of rotatable bonds is 7. The van der Waals surface area contributed by atoms with Crippen LogP contribution < -0.4 is 9.47 Å². The highest BCUT2D eigenvalue weighted by atomic mass is 16.5. The van der Waals surface area contributed by atoms with Crippen LogP contribution in [0, 0.1) is 6.92 Å². The highest BCUT2D eigenvalue weighted by Gasteiger charge is 2.46. The average Bonchev–Trinajstić information content (AvgIpc) is 3.45. The molecule has 0 saturated carbocycles. The largest absolute Gasteiger partial charge is 0.507 e. The summed E-state index contributed by atoms with van der Waals surface area (Å²) in [4.78, 5) is 31.4. The summed E-state index contributed by atoms with van der Waals surface area (Å²) in [5.41, 5.74) is 3.86. The molecule has 1 aliphatic heterocycles. The van der Waals surface area contributed by atoms with Crippen molar-refractivity contribution in [1.82, 2.24) is 9.88 Å². The highest BCUT2D eigenvalue weighted by molar-refractivity contribution is 6.46. The molecule has 4 aromatic rings. The Hall–Kier alpha value is -4.72. The van der Waals surface area contributed by atoms with E-state index in [1.165, 1.54) is 18.1 Å². The fraction of sp³-hybridized carbons (Fsp3) is 0.200. The van der Waals surface area contributed by atoms with Crippen LogP contribution in [0.25, 0.3) is 16.7 Å². The van der Waals surface area contributed by atoms with Crippen LogP contribution in [0.1, 0.15) is 28.3 Å². The molecule has 194 valence electrons. The summed E-state index contributed by atoms with van der Waals surface area (Å²) in [5, 5.41) is 22.4. The van der Waals surface area contributed by atoms with Crippen LogP contribution in [0.3, 0.4) is 0 Å². The maximum absolute atomic E-state index is 13.4. The molecule has 8 nitrogen and oxygen atoms in total. The molecule has 0 unspecified atom stereocenters. The average molecular weight is 513 g/mol. The summed E-state index contributed by atoms with van der Waals surface area (Å²) in [6, 6.07) is 16.6. The fourth-order valence-electron chi connectivity index (χ4n) is 4.92. The van der Waals surface area contributed by atoms with Gasteiger partial charge in [-0.15, -0.1) is 0 Å². The minimum atomic E-state index is -0.870. The first-order valence-electron chi connectivity index (χ1n) is 12.2. The number of H-pyrrole nitrogens is 1. The van der Waals surface area contributed by atoms with Gasteiger partial charge in [0.15, 0.2) is 11.5 Å². The predicted molar refractivity (Wildman–Crippen MR) is 143 cm³/mol. The molecular formula is C30H28N2O6. The lowest BCUT2D eigenvalue weighted by atomic mass is 9.94. The van der Waals surface area contributed by atoms with Crippen molar-refractivity contribution in [1.29, 1.82) is 0 Å². The Labute approximate surface area is 219 Å². The van der Waals surface area contributed by atoms with E-state index in [1.54, 1.807) is 31.4 Å². The van der Waals surface area contributed by atoms with Gasteiger partial charge in [-0.25, -0.2) is 0 Å². The number of fused-ring (bicyclic) bond motifs is 1. The molecule has 1 saturated heterocycles. The SMILES string of the molecule is COc1ccc2[nH]cc(CCN3C(=O)C(=O)C(=C(O)c4ccc(C)cc4)[C@@H]3c3ccc(O)c(OC)c3)c2c1. The van der Waals surface area contributed by atoms with Crippen LogP contribution in [0.2, 0.25) is 0 Å². The van der Waals surface area contributed by atoms with Gasteiger partial charge in [0.05, 0.1) is 25.8 Å². The molecule has 1 fully saturated rings. The first-order chi connectivity index (χ1) is 18.3. The number of hydrogen-bond acceptors (Lipinski definition) is 6. The summed E-state index contributed by atoms with van der Waals surface area (Å²) < 4.78 is 10.6. The molecule has 1 aliphatic rings. The number of benzene rings is 3. The molecule has 3 N–H and O–H groups in total. The zero-order valence-corrected chi connectivity index (χ0v) is 21.3. The van der Waals surface area contributed by atoms with Gasteiger partial charge in [0, 0.05) is 29.2 Å². The van der Waals surface area contributed by atoms with E-state index >= 15 is 0 Å². The lowest BCUT2D eigenvalue weighted by Crippen LogP contribution is -2.31. The van der Waals surface area contributed by atoms with Crippen molar-refractivity contribution in [3.8, 4) is 17.2 Å². The van der Waals surface area contributed by atoms with E-state index in [2.05, 4.69) is 4.98 Å². The number of nitrogens with one attached hydrogen (secondary N) is 1. The van der Waals surface area contributed by atoms with Crippen LogP contribution in [0.4, 0.5) is 0 Å². The van der Waals surface area contributed by atoms with Crippen molar-refractivity contribution in [2.45, 2.75) is 19.4 Å². The smallest absolute Gasteiger partial charge is 0.295 e. The quantitative estimate of drug-likeness (QED) is 0.185. The minimum Gasteiger partial charge on any atom is -0.507 e. The molecular weight excluding hydrogens is 484 g/mol. The monoisotopic (exact) mass is 512 g/mol. The molecule has 0 aliphatic carbocycles. The molecule has 8 heteroatoms. The zero-order chi connectivity index (χ0) is 27.0. The molecule has 38 heavy (non-hydrogen) atoms. The van der Waals surface area contributed by atoms with Crippen LogP contribution in [0.15, 0.2) is 72.4 Å². The molecule has 3 aromatic carbocycles. The third-order valence-corrected chi connectivity index (χ3v) is 6.98. The number of aromatic amines is 1. The maximum atomic E-state index is 13.4. The van der Waals surface area contributed by atoms with E-state index in [-0.39, 0.29) is 29.4 Å². The first-order valence-corrected chi connectivity index (χ1v) is 12.2. The molecule has 0 bridgehead atoms. The number of phenolic OH excluding ortho intramolecular Hbond substituents is 1. The number of aromatic hydroxyl groups is 1. The number of aliphatic hydroxyl groups is 1. The van der Waals surface area contributed by atoms with Crippen molar-refractivity contribution < 1.29 is 29.3 Å². The van der Waals surface area contributed by atoms with Gasteiger partial charge < -0.3 is 29.6 Å². The minimum absolute atomic E-state index is 0.00723. The van der Waals surface area contributed by atoms with Crippen molar-refractivity contribution in [2.75, 3.05) is 20.8 Å². The number of aromatic nitrogens is 1. The number of carbonyl (C=O) groups is 2. The van der Waals surface area contributed by atoms with Gasteiger partial charge in [-0.2, -0.15) is 0 Å². The Morgan fingerprint density at radius 1 is 1.00 bits per heavy atom. The van der Waals surface area contributed by atoms with Gasteiger partial charge in [-0.3, -0.25) is 9.59 Å². The second-order valence-corrected chi connectivity index (χ2v) is 9.27. The van der Waals surface area contributed by atoms with Gasteiger partial charge in [0.25, 0.3) is 11.7 Å². The van der Waals surface area contributed by atoms with Crippen molar-refractivity contribution in [3.63, 3.8) is 0 Å². The number of hydrogen-bond donors (Lipinski definition) is 3. The molecule has 1 aromatic heterocycles. The Kier molecular flexibility index (Phi) is 6.55. The van der Waals surface area contributed by atoms with Crippen molar-refractivity contribution in [3.05, 3.63) is 94.7 Å². The van der Waals surface area contributed by atoms with E-state index in [0.717, 1.165) is 22.0 Å². The van der Waals surface area contributed by atoms with E-state index in [1.807, 2.05) is 43.5 Å². The Morgan fingerprint density at radius 3 is 2.47 bits per heavy atom. The van der Waals surface area contributed by atoms with Gasteiger partial charge in [0.2, 0.25) is 0 Å². The number of likely N-dealkylation sites (tertiary alicyclic amines) is 1. The number of ether oxygens (including phenoxy) is 2. The summed E-state index contributed by atoms with van der Waals surface area (Å²) >= 11 is 0. The van der Waals surface area contributed by atoms with Gasteiger partial charge in [-0.1, -0.05) is 35.9 Å². The lowest BCUT2D eigenvalue weighted by Gasteiger charge is -2.25. The normalized spacial score (nSPS) is 16.8. The summed E-state index contributed by atoms with van der Waals surface area (Å²) in [6.07, 6.45) is 2.34. The number of aliphatic hydroxyl groups excluding tert-OH is 1. The van der Waals surface area contributed by atoms with Gasteiger partial charge in [-0.05, 0) is 54.8 Å². The zero-order valence-electron chi connectivity index (χ0n) is 21.3. The Bertz CT molecular complexity index is 1570. The molecule has 0 spiro atoms. The van der Waals surface area contributed by atoms with Crippen LogP contribution in [-0.2, 0) is 16.0 Å². The van der Waals surface area contributed by atoms with Crippen LogP contribution >= 0.6 is 0 Å². The van der Waals surface area contributed by atoms with Crippen molar-refractivity contribution >= 4 is 28.4 Å². The van der Waals surface area contributed by atoms with E-state index in [9.17, 15) is 19.8 Å². The first kappa shape index (κ1) is 25.0. The van der Waals surface area contributed by atoms with Gasteiger partial charge >= 0.3 is 0 Å². The molecule has 1 amide bonds. The third-order valence-electron chi connectivity index (χ3n) is 6.98. The third kappa shape index (κ3) is 4.34. The number of carbonyl (C=O) groups excluding carboxylic acids is 2. The van der Waals surface area contributed by atoms with Gasteiger partial charge in [0.1, 0.15) is 11.5 Å². The van der Waals surface area contributed by atoms with Crippen molar-refractivity contribution in [2.24, 2.45) is 0 Å². The number of methoxy groups -OCH3 is 2. The van der Waals surface area contributed by atoms with Crippen LogP contribution in [-0.4, -0.2) is 52.6 Å². The predicted octanol–water partition coefficient (Wildman–Crippen LogP) is 4.86. The topological polar surface area (TPSA) is 112 Å². The molecule has 2 heterocycles. The Balaban J connectivity index is 1.58. The number of amides is 1. The number of aryl methyl sites for hydroxylation is 1. The van der Waals surface area contributed by atoms with E-state index in [0.29, 0.717) is 23.3 Å². The number of phenols is 1. The fourth-order valence-corrected chi connectivity index (χ4v) is 4.92. The second kappa shape index (κ2) is 9.97. The molecule has 5 rings (SSSR count). The summed E-state index contributed by atoms with van der Waals surface area (Å²) in [7, 11) is 3.03. The lowest BCUT2D eigenvalue weighted by molar-refractivity contribution is -0.139. The number of Topliss-reactive ketones (excluding diaryl/α,β-unsaturated/α-hetero) is 1. The standard InChI is InChI=1S/C30H28N2O6/c1-17-4-6-18(7-5-17)28(34)26-27(19-8-11-24(33)25(14-19)38-3)32(30(36)29(26)35)13-12-20-16-31-23-10-9-21(37-2)15-22(20)23/h4-11,14-16,27,31,33-34H,12-13H2,1-3H3/t27-/m0/s1. The van der Waals surface area contributed by atoms with E-state index < -0.39 is 17.7 Å². The second-order valence-electron chi connectivity index (χ2n) is 9.27.